The number of carboxylic acids is 3. The Kier molecular flexibility index (Phi) is 3.47. The quantitative estimate of drug-likeness (QED) is 0.729. The predicted octanol–water partition coefficient (Wildman–Crippen LogP) is 1.34. The van der Waals surface area contributed by atoms with Gasteiger partial charge in [-0.2, -0.15) is 0 Å². The zero-order valence-electron chi connectivity index (χ0n) is 8.93. The van der Waals surface area contributed by atoms with Crippen molar-refractivity contribution in [1.82, 2.24) is 0 Å². The molecule has 1 rings (SSSR count). The number of carbonyl (C=O) groups is 3. The Hall–Kier alpha value is -2.37. The minimum Gasteiger partial charge on any atom is -0.478 e. The van der Waals surface area contributed by atoms with Crippen LogP contribution in [0.15, 0.2) is 12.1 Å². The SMILES string of the molecule is CCc1cc(C(=O)O)c(C(=O)O)c(C(=O)O)c1. The molecule has 0 saturated carbocycles. The van der Waals surface area contributed by atoms with E-state index >= 15 is 0 Å². The fourth-order valence-electron chi connectivity index (χ4n) is 1.47. The van der Waals surface area contributed by atoms with Gasteiger partial charge in [0.2, 0.25) is 0 Å². The van der Waals surface area contributed by atoms with Crippen molar-refractivity contribution in [2.45, 2.75) is 13.3 Å². The smallest absolute Gasteiger partial charge is 0.337 e. The van der Waals surface area contributed by atoms with Crippen LogP contribution in [0.1, 0.15) is 43.6 Å². The van der Waals surface area contributed by atoms with E-state index in [0.29, 0.717) is 12.0 Å². The second kappa shape index (κ2) is 4.65. The molecule has 0 heterocycles. The summed E-state index contributed by atoms with van der Waals surface area (Å²) in [6.07, 6.45) is 0.417. The van der Waals surface area contributed by atoms with E-state index < -0.39 is 34.6 Å². The van der Waals surface area contributed by atoms with Crippen LogP contribution >= 0.6 is 0 Å². The molecule has 0 atom stereocenters. The maximum absolute atomic E-state index is 10.9. The number of hydrogen-bond donors (Lipinski definition) is 3. The third kappa shape index (κ3) is 2.41. The first kappa shape index (κ1) is 12.7. The Labute approximate surface area is 96.1 Å². The molecule has 1 aromatic rings. The van der Waals surface area contributed by atoms with Gasteiger partial charge in [0.05, 0.1) is 16.7 Å². The molecule has 90 valence electrons. The molecular formula is C11H10O6. The van der Waals surface area contributed by atoms with Crippen LogP contribution in [-0.4, -0.2) is 33.2 Å². The maximum Gasteiger partial charge on any atom is 0.337 e. The number of hydrogen-bond acceptors (Lipinski definition) is 3. The molecule has 0 bridgehead atoms. The van der Waals surface area contributed by atoms with Crippen LogP contribution in [0, 0.1) is 0 Å². The van der Waals surface area contributed by atoms with E-state index in [1.165, 1.54) is 12.1 Å². The molecule has 0 saturated heterocycles. The van der Waals surface area contributed by atoms with Crippen LogP contribution in [0.2, 0.25) is 0 Å². The van der Waals surface area contributed by atoms with Gasteiger partial charge in [-0.05, 0) is 24.1 Å². The van der Waals surface area contributed by atoms with Crippen molar-refractivity contribution in [1.29, 1.82) is 0 Å². The van der Waals surface area contributed by atoms with Crippen molar-refractivity contribution in [3.63, 3.8) is 0 Å². The van der Waals surface area contributed by atoms with Crippen molar-refractivity contribution in [3.05, 3.63) is 34.4 Å². The fourth-order valence-corrected chi connectivity index (χ4v) is 1.47. The zero-order valence-corrected chi connectivity index (χ0v) is 8.93. The highest BCUT2D eigenvalue weighted by atomic mass is 16.4. The summed E-state index contributed by atoms with van der Waals surface area (Å²) in [5.41, 5.74) is -1.24. The lowest BCUT2D eigenvalue weighted by Crippen LogP contribution is -2.15. The summed E-state index contributed by atoms with van der Waals surface area (Å²) in [5, 5.41) is 26.7. The monoisotopic (exact) mass is 238 g/mol. The Morgan fingerprint density at radius 3 is 1.59 bits per heavy atom. The first-order valence-electron chi connectivity index (χ1n) is 4.75. The van der Waals surface area contributed by atoms with Crippen molar-refractivity contribution in [2.75, 3.05) is 0 Å². The molecule has 0 aromatic heterocycles. The van der Waals surface area contributed by atoms with Gasteiger partial charge in [0.1, 0.15) is 0 Å². The molecule has 1 aromatic carbocycles. The highest BCUT2D eigenvalue weighted by Gasteiger charge is 2.24. The first-order chi connectivity index (χ1) is 7.88. The summed E-state index contributed by atoms with van der Waals surface area (Å²) in [5.74, 6) is -4.48. The highest BCUT2D eigenvalue weighted by Crippen LogP contribution is 2.19. The Bertz CT molecular complexity index is 468. The lowest BCUT2D eigenvalue weighted by atomic mass is 9.96. The van der Waals surface area contributed by atoms with Crippen molar-refractivity contribution < 1.29 is 29.7 Å². The summed E-state index contributed by atoms with van der Waals surface area (Å²) < 4.78 is 0. The van der Waals surface area contributed by atoms with Crippen LogP contribution < -0.4 is 0 Å². The average Bonchev–Trinajstić information content (AvgIpc) is 2.26. The summed E-state index contributed by atoms with van der Waals surface area (Å²) in [7, 11) is 0. The average molecular weight is 238 g/mol. The molecule has 0 aliphatic heterocycles. The summed E-state index contributed by atoms with van der Waals surface area (Å²) in [6, 6.07) is 2.36. The van der Waals surface area contributed by atoms with E-state index in [1.54, 1.807) is 6.92 Å². The second-order valence-electron chi connectivity index (χ2n) is 3.33. The van der Waals surface area contributed by atoms with Crippen LogP contribution in [0.25, 0.3) is 0 Å². The van der Waals surface area contributed by atoms with E-state index in [2.05, 4.69) is 0 Å². The van der Waals surface area contributed by atoms with Crippen molar-refractivity contribution in [3.8, 4) is 0 Å². The first-order valence-corrected chi connectivity index (χ1v) is 4.75. The second-order valence-corrected chi connectivity index (χ2v) is 3.33. The van der Waals surface area contributed by atoms with E-state index in [4.69, 9.17) is 15.3 Å². The van der Waals surface area contributed by atoms with Crippen LogP contribution in [-0.2, 0) is 6.42 Å². The Morgan fingerprint density at radius 1 is 0.941 bits per heavy atom. The number of benzene rings is 1. The van der Waals surface area contributed by atoms with Gasteiger partial charge < -0.3 is 15.3 Å². The third-order valence-electron chi connectivity index (χ3n) is 2.28. The van der Waals surface area contributed by atoms with Gasteiger partial charge in [0, 0.05) is 0 Å². The minimum absolute atomic E-state index is 0.417. The van der Waals surface area contributed by atoms with Crippen molar-refractivity contribution >= 4 is 17.9 Å². The highest BCUT2D eigenvalue weighted by molar-refractivity contribution is 6.09. The molecule has 0 radical (unpaired) electrons. The standard InChI is InChI=1S/C11H10O6/c1-2-5-3-6(9(12)13)8(11(16)17)7(4-5)10(14)15/h3-4H,2H2,1H3,(H,12,13)(H,14,15)(H,16,17). The molecule has 0 aliphatic carbocycles. The molecule has 0 fully saturated rings. The van der Waals surface area contributed by atoms with E-state index in [-0.39, 0.29) is 0 Å². The lowest BCUT2D eigenvalue weighted by Gasteiger charge is -2.08. The third-order valence-corrected chi connectivity index (χ3v) is 2.28. The van der Waals surface area contributed by atoms with E-state index in [0.717, 1.165) is 0 Å². The van der Waals surface area contributed by atoms with Crippen LogP contribution in [0.5, 0.6) is 0 Å². The van der Waals surface area contributed by atoms with Gasteiger partial charge in [-0.25, -0.2) is 14.4 Å². The van der Waals surface area contributed by atoms with E-state index in [1.807, 2.05) is 0 Å². The van der Waals surface area contributed by atoms with Gasteiger partial charge in [-0.15, -0.1) is 0 Å². The van der Waals surface area contributed by atoms with Crippen LogP contribution in [0.3, 0.4) is 0 Å². The molecule has 0 unspecified atom stereocenters. The van der Waals surface area contributed by atoms with Crippen molar-refractivity contribution in [2.24, 2.45) is 0 Å². The Morgan fingerprint density at radius 2 is 1.35 bits per heavy atom. The molecule has 0 aliphatic rings. The number of aromatic carboxylic acids is 3. The minimum atomic E-state index is -1.57. The van der Waals surface area contributed by atoms with Gasteiger partial charge in [0.15, 0.2) is 0 Å². The summed E-state index contributed by atoms with van der Waals surface area (Å²) in [6.45, 7) is 1.72. The molecule has 17 heavy (non-hydrogen) atoms. The van der Waals surface area contributed by atoms with Gasteiger partial charge in [-0.3, -0.25) is 0 Å². The Balaban J connectivity index is 3.67. The molecule has 0 amide bonds. The molecule has 3 N–H and O–H groups in total. The topological polar surface area (TPSA) is 112 Å². The van der Waals surface area contributed by atoms with E-state index in [9.17, 15) is 14.4 Å². The molecule has 6 nitrogen and oxygen atoms in total. The predicted molar refractivity (Wildman–Crippen MR) is 56.7 cm³/mol. The largest absolute Gasteiger partial charge is 0.478 e. The number of carboxylic acid groups (broad SMARTS) is 3. The van der Waals surface area contributed by atoms with Gasteiger partial charge in [0.25, 0.3) is 0 Å². The normalized spacial score (nSPS) is 9.94. The van der Waals surface area contributed by atoms with Gasteiger partial charge in [-0.1, -0.05) is 6.92 Å². The number of aryl methyl sites for hydroxylation is 1. The summed E-state index contributed by atoms with van der Waals surface area (Å²) >= 11 is 0. The fraction of sp³-hybridized carbons (Fsp3) is 0.182. The zero-order chi connectivity index (χ0) is 13.2. The molecule has 6 heteroatoms. The maximum atomic E-state index is 10.9. The van der Waals surface area contributed by atoms with Crippen LogP contribution in [0.4, 0.5) is 0 Å². The lowest BCUT2D eigenvalue weighted by molar-refractivity contribution is 0.0633. The summed E-state index contributed by atoms with van der Waals surface area (Å²) in [4.78, 5) is 32.8. The molecule has 0 spiro atoms. The van der Waals surface area contributed by atoms with Gasteiger partial charge >= 0.3 is 17.9 Å². The molecular weight excluding hydrogens is 228 g/mol. The number of rotatable bonds is 4.